The highest BCUT2D eigenvalue weighted by Gasteiger charge is 2.49. The van der Waals surface area contributed by atoms with E-state index in [-0.39, 0.29) is 5.56 Å². The van der Waals surface area contributed by atoms with Crippen molar-refractivity contribution < 1.29 is 18.8 Å². The highest BCUT2D eigenvalue weighted by Crippen LogP contribution is 2.44. The number of aromatic amines is 1. The van der Waals surface area contributed by atoms with Crippen LogP contribution in [0.3, 0.4) is 0 Å². The highest BCUT2D eigenvalue weighted by atomic mass is 19.1. The van der Waals surface area contributed by atoms with Crippen molar-refractivity contribution in [3.05, 3.63) is 64.5 Å². The van der Waals surface area contributed by atoms with Gasteiger partial charge in [-0.15, -0.1) is 5.10 Å². The van der Waals surface area contributed by atoms with Gasteiger partial charge in [0.1, 0.15) is 17.2 Å². The van der Waals surface area contributed by atoms with Crippen molar-refractivity contribution in [1.29, 1.82) is 0 Å². The van der Waals surface area contributed by atoms with Gasteiger partial charge in [-0.05, 0) is 62.4 Å². The maximum Gasteiger partial charge on any atom is 0.293 e. The van der Waals surface area contributed by atoms with Gasteiger partial charge in [-0.1, -0.05) is 5.21 Å². The van der Waals surface area contributed by atoms with Crippen molar-refractivity contribution in [1.82, 2.24) is 25.3 Å². The van der Waals surface area contributed by atoms with Gasteiger partial charge in [0.2, 0.25) is 0 Å². The Balaban J connectivity index is 1.42. The summed E-state index contributed by atoms with van der Waals surface area (Å²) in [4.78, 5) is 39.1. The molecule has 1 aliphatic heterocycles. The lowest BCUT2D eigenvalue weighted by Gasteiger charge is -2.14. The predicted octanol–water partition coefficient (Wildman–Crippen LogP) is 2.24. The normalized spacial score (nSPS) is 15.8. The molecular weight excluding hydrogens is 415 g/mol. The zero-order valence-electron chi connectivity index (χ0n) is 17.4. The summed E-state index contributed by atoms with van der Waals surface area (Å²) in [5.74, 6) is -2.19. The first-order valence-corrected chi connectivity index (χ1v) is 10.4. The molecule has 10 heteroatoms. The summed E-state index contributed by atoms with van der Waals surface area (Å²) in [6, 6.07) is 5.45. The first-order valence-electron chi connectivity index (χ1n) is 10.4. The van der Waals surface area contributed by atoms with Gasteiger partial charge < -0.3 is 15.2 Å². The van der Waals surface area contributed by atoms with Crippen LogP contribution in [0.1, 0.15) is 57.1 Å². The minimum atomic E-state index is -0.723. The van der Waals surface area contributed by atoms with Crippen molar-refractivity contribution in [2.75, 3.05) is 5.32 Å². The number of anilines is 1. The molecule has 2 amide bonds. The Bertz CT molecular complexity index is 1230. The molecule has 32 heavy (non-hydrogen) atoms. The Morgan fingerprint density at radius 3 is 2.59 bits per heavy atom. The molecule has 0 radical (unpaired) electrons. The fraction of sp³-hybridized carbons (Fsp3) is 0.318. The maximum atomic E-state index is 13.2. The molecule has 1 aromatic carbocycles. The number of nitrogens with one attached hydrogen (secondary N) is 3. The van der Waals surface area contributed by atoms with E-state index in [0.717, 1.165) is 6.42 Å². The molecule has 1 saturated carbocycles. The first kappa shape index (κ1) is 20.1. The van der Waals surface area contributed by atoms with E-state index < -0.39 is 29.0 Å². The lowest BCUT2D eigenvalue weighted by molar-refractivity contribution is -0.118. The summed E-state index contributed by atoms with van der Waals surface area (Å²) in [5.41, 5.74) is 2.15. The second-order valence-corrected chi connectivity index (χ2v) is 8.24. The van der Waals surface area contributed by atoms with Crippen LogP contribution in [-0.2, 0) is 23.3 Å². The topological polar surface area (TPSA) is 122 Å². The molecule has 0 spiro atoms. The molecule has 0 atom stereocenters. The van der Waals surface area contributed by atoms with Crippen molar-refractivity contribution >= 4 is 23.3 Å². The van der Waals surface area contributed by atoms with Crippen LogP contribution in [0, 0.1) is 12.7 Å². The quantitative estimate of drug-likeness (QED) is 0.404. The standard InChI is InChI=1S/C22H21FN6O3/c1-12-17(19(30)21(32)26-22(8-9-22)16-11-24-28-27-16)15-3-2-10-29(15)18(12)20(31)25-14-6-4-13(23)5-7-14/h4-7,11H,2-3,8-10H2,1H3,(H,25,31)(H,26,32)(H,24,27,28). The molecule has 164 valence electrons. The van der Waals surface area contributed by atoms with Crippen LogP contribution < -0.4 is 10.6 Å². The third kappa shape index (κ3) is 3.28. The SMILES string of the molecule is Cc1c(C(=O)C(=O)NC2(c3c[nH]nn3)CC2)c2n(c1C(=O)Nc1ccc(F)cc1)CCC2. The summed E-state index contributed by atoms with van der Waals surface area (Å²) in [5, 5.41) is 15.8. The van der Waals surface area contributed by atoms with Crippen molar-refractivity contribution in [3.63, 3.8) is 0 Å². The molecule has 2 aromatic heterocycles. The zero-order chi connectivity index (χ0) is 22.5. The molecule has 9 nitrogen and oxygen atoms in total. The highest BCUT2D eigenvalue weighted by molar-refractivity contribution is 6.44. The number of hydrogen-bond donors (Lipinski definition) is 3. The van der Waals surface area contributed by atoms with E-state index in [1.165, 1.54) is 24.3 Å². The minimum Gasteiger partial charge on any atom is -0.340 e. The van der Waals surface area contributed by atoms with Gasteiger partial charge in [-0.3, -0.25) is 19.5 Å². The van der Waals surface area contributed by atoms with E-state index in [9.17, 15) is 18.8 Å². The van der Waals surface area contributed by atoms with Gasteiger partial charge in [-0.25, -0.2) is 4.39 Å². The Labute approximate surface area is 182 Å². The zero-order valence-corrected chi connectivity index (χ0v) is 17.4. The van der Waals surface area contributed by atoms with Crippen molar-refractivity contribution in [3.8, 4) is 0 Å². The molecule has 2 aliphatic rings. The number of carbonyl (C=O) groups is 3. The molecule has 1 aliphatic carbocycles. The summed E-state index contributed by atoms with van der Waals surface area (Å²) in [7, 11) is 0. The number of nitrogens with zero attached hydrogens (tertiary/aromatic N) is 3. The number of hydrogen-bond acceptors (Lipinski definition) is 5. The second-order valence-electron chi connectivity index (χ2n) is 8.24. The van der Waals surface area contributed by atoms with Gasteiger partial charge in [0, 0.05) is 24.1 Å². The number of ketones is 1. The maximum absolute atomic E-state index is 13.2. The number of Topliss-reactive ketones (excluding diaryl/α,β-unsaturated/α-hetero) is 1. The summed E-state index contributed by atoms with van der Waals surface area (Å²) in [6.07, 6.45) is 4.34. The molecular formula is C22H21FN6O3. The van der Waals surface area contributed by atoms with Crippen LogP contribution >= 0.6 is 0 Å². The van der Waals surface area contributed by atoms with E-state index in [0.29, 0.717) is 54.1 Å². The third-order valence-electron chi connectivity index (χ3n) is 6.17. The summed E-state index contributed by atoms with van der Waals surface area (Å²) < 4.78 is 15.0. The van der Waals surface area contributed by atoms with Crippen LogP contribution in [-0.4, -0.2) is 37.6 Å². The van der Waals surface area contributed by atoms with Crippen LogP contribution in [0.5, 0.6) is 0 Å². The molecule has 5 rings (SSSR count). The number of benzene rings is 1. The molecule has 0 unspecified atom stereocenters. The van der Waals surface area contributed by atoms with E-state index in [2.05, 4.69) is 26.0 Å². The largest absolute Gasteiger partial charge is 0.340 e. The van der Waals surface area contributed by atoms with Crippen LogP contribution in [0.15, 0.2) is 30.5 Å². The van der Waals surface area contributed by atoms with Gasteiger partial charge in [0.25, 0.3) is 17.6 Å². The van der Waals surface area contributed by atoms with E-state index >= 15 is 0 Å². The summed E-state index contributed by atoms with van der Waals surface area (Å²) >= 11 is 0. The summed E-state index contributed by atoms with van der Waals surface area (Å²) in [6.45, 7) is 2.26. The Kier molecular flexibility index (Phi) is 4.65. The van der Waals surface area contributed by atoms with Gasteiger partial charge in [-0.2, -0.15) is 0 Å². The number of fused-ring (bicyclic) bond motifs is 1. The number of amides is 2. The fourth-order valence-corrected chi connectivity index (χ4v) is 4.43. The molecule has 1 fully saturated rings. The molecule has 0 saturated heterocycles. The smallest absolute Gasteiger partial charge is 0.293 e. The van der Waals surface area contributed by atoms with Crippen molar-refractivity contribution in [2.24, 2.45) is 0 Å². The van der Waals surface area contributed by atoms with E-state index in [1.54, 1.807) is 17.7 Å². The van der Waals surface area contributed by atoms with Crippen LogP contribution in [0.4, 0.5) is 10.1 Å². The lowest BCUT2D eigenvalue weighted by Crippen LogP contribution is -2.40. The first-order chi connectivity index (χ1) is 15.4. The average Bonchev–Trinajstić information content (AvgIpc) is 3.14. The molecule has 3 aromatic rings. The lowest BCUT2D eigenvalue weighted by atomic mass is 10.0. The number of carbonyl (C=O) groups excluding carboxylic acids is 3. The Morgan fingerprint density at radius 1 is 1.19 bits per heavy atom. The number of H-pyrrole nitrogens is 1. The van der Waals surface area contributed by atoms with Crippen molar-refractivity contribution in [2.45, 2.75) is 44.7 Å². The molecule has 0 bridgehead atoms. The van der Waals surface area contributed by atoms with Gasteiger partial charge in [0.15, 0.2) is 0 Å². The second kappa shape index (κ2) is 7.40. The predicted molar refractivity (Wildman–Crippen MR) is 112 cm³/mol. The van der Waals surface area contributed by atoms with Gasteiger partial charge >= 0.3 is 0 Å². The number of halogens is 1. The fourth-order valence-electron chi connectivity index (χ4n) is 4.43. The van der Waals surface area contributed by atoms with E-state index in [1.807, 2.05) is 0 Å². The minimum absolute atomic E-state index is 0.278. The average molecular weight is 436 g/mol. The Morgan fingerprint density at radius 2 is 1.94 bits per heavy atom. The number of aromatic nitrogens is 4. The Hall–Kier alpha value is -3.82. The molecule has 3 heterocycles. The third-order valence-corrected chi connectivity index (χ3v) is 6.17. The molecule has 3 N–H and O–H groups in total. The van der Waals surface area contributed by atoms with Gasteiger partial charge in [0.05, 0.1) is 11.1 Å². The number of rotatable bonds is 6. The van der Waals surface area contributed by atoms with Crippen LogP contribution in [0.25, 0.3) is 0 Å². The monoisotopic (exact) mass is 436 g/mol. The van der Waals surface area contributed by atoms with Crippen LogP contribution in [0.2, 0.25) is 0 Å². The van der Waals surface area contributed by atoms with E-state index in [4.69, 9.17) is 0 Å².